The molecule has 1 amide bonds. The minimum absolute atomic E-state index is 0.0158. The Balaban J connectivity index is 1.88. The van der Waals surface area contributed by atoms with Crippen LogP contribution in [0.15, 0.2) is 36.8 Å². The summed E-state index contributed by atoms with van der Waals surface area (Å²) < 4.78 is 0.624. The molecule has 0 aliphatic rings. The van der Waals surface area contributed by atoms with Gasteiger partial charge in [-0.3, -0.25) is 25.2 Å². The van der Waals surface area contributed by atoms with Crippen LogP contribution in [0.5, 0.6) is 0 Å². The van der Waals surface area contributed by atoms with Gasteiger partial charge in [-0.2, -0.15) is 0 Å². The molecule has 0 radical (unpaired) electrons. The van der Waals surface area contributed by atoms with Crippen LogP contribution in [0, 0.1) is 10.1 Å². The Kier molecular flexibility index (Phi) is 3.24. The van der Waals surface area contributed by atoms with Crippen LogP contribution in [0.3, 0.4) is 0 Å². The second kappa shape index (κ2) is 5.21. The number of amides is 1. The summed E-state index contributed by atoms with van der Waals surface area (Å²) in [6, 6.07) is 4.34. The van der Waals surface area contributed by atoms with Crippen LogP contribution in [-0.4, -0.2) is 25.8 Å². The van der Waals surface area contributed by atoms with Crippen molar-refractivity contribution in [2.24, 2.45) is 0 Å². The molecule has 9 heteroatoms. The fraction of sp³-hybridized carbons (Fsp3) is 0. The van der Waals surface area contributed by atoms with Crippen molar-refractivity contribution in [2.45, 2.75) is 0 Å². The van der Waals surface area contributed by atoms with E-state index in [1.54, 1.807) is 6.07 Å². The zero-order valence-corrected chi connectivity index (χ0v) is 11.2. The zero-order valence-electron chi connectivity index (χ0n) is 10.4. The highest BCUT2D eigenvalue weighted by molar-refractivity contribution is 7.22. The minimum atomic E-state index is -0.475. The van der Waals surface area contributed by atoms with E-state index in [2.05, 4.69) is 20.3 Å². The van der Waals surface area contributed by atoms with Gasteiger partial charge in [-0.05, 0) is 6.07 Å². The van der Waals surface area contributed by atoms with Gasteiger partial charge in [0, 0.05) is 24.5 Å². The predicted octanol–water partition coefficient (Wildman–Crippen LogP) is 2.25. The molecule has 2 heterocycles. The minimum Gasteiger partial charge on any atom is -0.296 e. The lowest BCUT2D eigenvalue weighted by molar-refractivity contribution is -0.384. The summed E-state index contributed by atoms with van der Waals surface area (Å²) >= 11 is 1.16. The highest BCUT2D eigenvalue weighted by Gasteiger charge is 2.13. The molecule has 21 heavy (non-hydrogen) atoms. The molecule has 104 valence electrons. The number of hydrogen-bond acceptors (Lipinski definition) is 7. The lowest BCUT2D eigenvalue weighted by Crippen LogP contribution is -2.13. The number of fused-ring (bicyclic) bond motifs is 1. The van der Waals surface area contributed by atoms with Crippen LogP contribution in [0.4, 0.5) is 10.8 Å². The standard InChI is InChI=1S/C12H7N5O3S/c18-11(9-6-13-3-4-14-9)16-12-15-8-2-1-7(17(19)20)5-10(8)21-12/h1-6H,(H,15,16,18). The number of benzene rings is 1. The maximum atomic E-state index is 11.9. The summed E-state index contributed by atoms with van der Waals surface area (Å²) in [4.78, 5) is 34.0. The number of hydrogen-bond donors (Lipinski definition) is 1. The molecule has 0 unspecified atom stereocenters. The SMILES string of the molecule is O=C(Nc1nc2ccc([N+](=O)[O-])cc2s1)c1cnccn1. The van der Waals surface area contributed by atoms with Crippen LogP contribution in [0.25, 0.3) is 10.2 Å². The van der Waals surface area contributed by atoms with Crippen molar-refractivity contribution in [1.29, 1.82) is 0 Å². The molecule has 0 bridgehead atoms. The number of nitrogens with one attached hydrogen (secondary N) is 1. The molecular formula is C12H7N5O3S. The Labute approximate surface area is 121 Å². The molecule has 0 fully saturated rings. The number of nitro benzene ring substituents is 1. The Hall–Kier alpha value is -2.94. The smallest absolute Gasteiger partial charge is 0.277 e. The molecule has 0 saturated carbocycles. The van der Waals surface area contributed by atoms with E-state index < -0.39 is 10.8 Å². The van der Waals surface area contributed by atoms with Gasteiger partial charge in [-0.25, -0.2) is 9.97 Å². The number of non-ortho nitro benzene ring substituents is 1. The monoisotopic (exact) mass is 301 g/mol. The highest BCUT2D eigenvalue weighted by Crippen LogP contribution is 2.29. The second-order valence-corrected chi connectivity index (χ2v) is 5.00. The first-order valence-corrected chi connectivity index (χ1v) is 6.57. The number of nitro groups is 1. The summed E-state index contributed by atoms with van der Waals surface area (Å²) in [6.45, 7) is 0. The van der Waals surface area contributed by atoms with Gasteiger partial charge >= 0.3 is 0 Å². The number of nitrogens with zero attached hydrogens (tertiary/aromatic N) is 4. The summed E-state index contributed by atoms with van der Waals surface area (Å²) in [7, 11) is 0. The Morgan fingerprint density at radius 1 is 1.33 bits per heavy atom. The lowest BCUT2D eigenvalue weighted by Gasteiger charge is -1.98. The van der Waals surface area contributed by atoms with Crippen molar-refractivity contribution in [3.8, 4) is 0 Å². The first-order chi connectivity index (χ1) is 10.1. The third-order valence-electron chi connectivity index (χ3n) is 2.60. The Morgan fingerprint density at radius 3 is 2.90 bits per heavy atom. The first-order valence-electron chi connectivity index (χ1n) is 5.76. The van der Waals surface area contributed by atoms with E-state index >= 15 is 0 Å². The quantitative estimate of drug-likeness (QED) is 0.586. The van der Waals surface area contributed by atoms with Crippen LogP contribution in [-0.2, 0) is 0 Å². The average molecular weight is 301 g/mol. The second-order valence-electron chi connectivity index (χ2n) is 3.97. The van der Waals surface area contributed by atoms with E-state index in [-0.39, 0.29) is 11.4 Å². The number of carbonyl (C=O) groups excluding carboxylic acids is 1. The van der Waals surface area contributed by atoms with Gasteiger partial charge < -0.3 is 0 Å². The third-order valence-corrected chi connectivity index (χ3v) is 3.53. The molecule has 0 spiro atoms. The number of carbonyl (C=O) groups is 1. The number of aromatic nitrogens is 3. The average Bonchev–Trinajstić information content (AvgIpc) is 2.89. The third kappa shape index (κ3) is 2.67. The normalized spacial score (nSPS) is 10.5. The molecular weight excluding hydrogens is 294 g/mol. The van der Waals surface area contributed by atoms with Crippen LogP contribution in [0.2, 0.25) is 0 Å². The van der Waals surface area contributed by atoms with Crippen molar-refractivity contribution in [1.82, 2.24) is 15.0 Å². The molecule has 0 aliphatic carbocycles. The number of thiazole rings is 1. The summed E-state index contributed by atoms with van der Waals surface area (Å²) in [5, 5.41) is 13.7. The van der Waals surface area contributed by atoms with Crippen LogP contribution < -0.4 is 5.32 Å². The number of rotatable bonds is 3. The van der Waals surface area contributed by atoms with Gasteiger partial charge in [0.05, 0.1) is 21.3 Å². The van der Waals surface area contributed by atoms with Gasteiger partial charge in [-0.1, -0.05) is 11.3 Å². The zero-order chi connectivity index (χ0) is 14.8. The molecule has 1 aromatic carbocycles. The van der Waals surface area contributed by atoms with E-state index in [4.69, 9.17) is 0 Å². The maximum absolute atomic E-state index is 11.9. The van der Waals surface area contributed by atoms with E-state index in [9.17, 15) is 14.9 Å². The summed E-state index contributed by atoms with van der Waals surface area (Å²) in [5.41, 5.74) is 0.737. The number of anilines is 1. The van der Waals surface area contributed by atoms with E-state index in [1.165, 1.54) is 30.7 Å². The van der Waals surface area contributed by atoms with E-state index in [0.717, 1.165) is 11.3 Å². The van der Waals surface area contributed by atoms with Gasteiger partial charge in [0.1, 0.15) is 5.69 Å². The molecule has 2 aromatic heterocycles. The van der Waals surface area contributed by atoms with Crippen LogP contribution in [0.1, 0.15) is 10.5 Å². The molecule has 3 aromatic rings. The largest absolute Gasteiger partial charge is 0.296 e. The van der Waals surface area contributed by atoms with Crippen molar-refractivity contribution in [3.05, 3.63) is 52.6 Å². The van der Waals surface area contributed by atoms with Gasteiger partial charge in [-0.15, -0.1) is 0 Å². The fourth-order valence-corrected chi connectivity index (χ4v) is 2.55. The Bertz CT molecular complexity index is 833. The highest BCUT2D eigenvalue weighted by atomic mass is 32.1. The molecule has 8 nitrogen and oxygen atoms in total. The van der Waals surface area contributed by atoms with E-state index in [0.29, 0.717) is 15.3 Å². The van der Waals surface area contributed by atoms with Gasteiger partial charge in [0.25, 0.3) is 11.6 Å². The van der Waals surface area contributed by atoms with Crippen LogP contribution >= 0.6 is 11.3 Å². The fourth-order valence-electron chi connectivity index (χ4n) is 1.66. The van der Waals surface area contributed by atoms with Crippen molar-refractivity contribution >= 4 is 38.3 Å². The van der Waals surface area contributed by atoms with Crippen molar-refractivity contribution in [3.63, 3.8) is 0 Å². The van der Waals surface area contributed by atoms with Gasteiger partial charge in [0.2, 0.25) is 0 Å². The van der Waals surface area contributed by atoms with Crippen molar-refractivity contribution in [2.75, 3.05) is 5.32 Å². The predicted molar refractivity (Wildman–Crippen MR) is 76.3 cm³/mol. The molecule has 1 N–H and O–H groups in total. The van der Waals surface area contributed by atoms with E-state index in [1.807, 2.05) is 0 Å². The summed E-state index contributed by atoms with van der Waals surface area (Å²) in [6.07, 6.45) is 4.22. The molecule has 3 rings (SSSR count). The van der Waals surface area contributed by atoms with Gasteiger partial charge in [0.15, 0.2) is 5.13 Å². The molecule has 0 atom stereocenters. The Morgan fingerprint density at radius 2 is 2.19 bits per heavy atom. The first kappa shape index (κ1) is 13.1. The lowest BCUT2D eigenvalue weighted by atomic mass is 10.3. The maximum Gasteiger partial charge on any atom is 0.277 e. The van der Waals surface area contributed by atoms with Crippen molar-refractivity contribution < 1.29 is 9.72 Å². The topological polar surface area (TPSA) is 111 Å². The molecule has 0 saturated heterocycles. The summed E-state index contributed by atoms with van der Waals surface area (Å²) in [5.74, 6) is -0.434. The molecule has 0 aliphatic heterocycles.